The maximum absolute atomic E-state index is 13.3. The first kappa shape index (κ1) is 20.9. The molecule has 1 aromatic heterocycles. The highest BCUT2D eigenvalue weighted by atomic mass is 19.4. The highest BCUT2D eigenvalue weighted by molar-refractivity contribution is 5.92. The number of carboxylic acid groups (broad SMARTS) is 1. The predicted molar refractivity (Wildman–Crippen MR) is 106 cm³/mol. The fourth-order valence-electron chi connectivity index (χ4n) is 3.74. The maximum atomic E-state index is 13.3. The minimum absolute atomic E-state index is 0.00500. The summed E-state index contributed by atoms with van der Waals surface area (Å²) in [6.45, 7) is 1.43. The largest absolute Gasteiger partial charge is 0.478 e. The van der Waals surface area contributed by atoms with Crippen LogP contribution in [-0.4, -0.2) is 25.8 Å². The molecule has 0 unspecified atom stereocenters. The highest BCUT2D eigenvalue weighted by Gasteiger charge is 2.39. The van der Waals surface area contributed by atoms with Crippen molar-refractivity contribution in [2.75, 3.05) is 4.90 Å². The number of carboxylic acids is 1. The number of hydrogen-bond acceptors (Lipinski definition) is 5. The van der Waals surface area contributed by atoms with E-state index in [4.69, 9.17) is 5.26 Å². The summed E-state index contributed by atoms with van der Waals surface area (Å²) in [6.07, 6.45) is -4.62. The number of carbonyl (C=O) groups is 1. The second-order valence-electron chi connectivity index (χ2n) is 7.02. The number of H-pyrrole nitrogens is 1. The third kappa shape index (κ3) is 3.31. The number of anilines is 2. The lowest BCUT2D eigenvalue weighted by Crippen LogP contribution is -2.37. The van der Waals surface area contributed by atoms with E-state index < -0.39 is 29.4 Å². The number of halogens is 3. The molecule has 2 heterocycles. The van der Waals surface area contributed by atoms with Crippen LogP contribution in [0.2, 0.25) is 0 Å². The minimum Gasteiger partial charge on any atom is -0.478 e. The molecule has 0 fully saturated rings. The standard InChI is InChI=1S/C21H14F3N5O3/c1-11-16(18(30)31)17(13-7-5-12(10-25)6-8-13)29-19(26-27-20(29)32)28(11)15-4-2-3-14(9-15)21(22,23)24/h2-9,17H,1H3,(H,27,32)(H,30,31)/t17-/m1/s1. The quantitative estimate of drug-likeness (QED) is 0.642. The first-order valence-electron chi connectivity index (χ1n) is 9.22. The van der Waals surface area contributed by atoms with Crippen molar-refractivity contribution in [2.24, 2.45) is 0 Å². The Morgan fingerprint density at radius 2 is 1.91 bits per heavy atom. The molecule has 162 valence electrons. The summed E-state index contributed by atoms with van der Waals surface area (Å²) >= 11 is 0. The minimum atomic E-state index is -4.62. The third-order valence-corrected chi connectivity index (χ3v) is 5.16. The molecule has 0 saturated carbocycles. The number of nitrogens with zero attached hydrogens (tertiary/aromatic N) is 4. The van der Waals surface area contributed by atoms with E-state index in [2.05, 4.69) is 10.2 Å². The molecular formula is C21H14F3N5O3. The lowest BCUT2D eigenvalue weighted by Gasteiger charge is -2.35. The number of aromatic nitrogens is 3. The number of hydrogen-bond donors (Lipinski definition) is 2. The maximum Gasteiger partial charge on any atom is 0.416 e. The molecule has 0 saturated heterocycles. The Morgan fingerprint density at radius 1 is 1.22 bits per heavy atom. The average molecular weight is 441 g/mol. The predicted octanol–water partition coefficient (Wildman–Crippen LogP) is 3.56. The van der Waals surface area contributed by atoms with Crippen LogP contribution in [0.4, 0.5) is 24.8 Å². The zero-order valence-electron chi connectivity index (χ0n) is 16.4. The van der Waals surface area contributed by atoms with Crippen molar-refractivity contribution >= 4 is 17.6 Å². The smallest absolute Gasteiger partial charge is 0.416 e. The average Bonchev–Trinajstić information content (AvgIpc) is 3.13. The molecule has 11 heteroatoms. The van der Waals surface area contributed by atoms with Gasteiger partial charge >= 0.3 is 17.8 Å². The Balaban J connectivity index is 1.98. The van der Waals surface area contributed by atoms with Crippen molar-refractivity contribution in [1.29, 1.82) is 5.26 Å². The number of rotatable bonds is 3. The lowest BCUT2D eigenvalue weighted by molar-refractivity contribution is -0.137. The number of allylic oxidation sites excluding steroid dienone is 1. The summed E-state index contributed by atoms with van der Waals surface area (Å²) in [7, 11) is 0. The Kier molecular flexibility index (Phi) is 4.85. The van der Waals surface area contributed by atoms with Crippen molar-refractivity contribution in [3.63, 3.8) is 0 Å². The molecule has 0 amide bonds. The normalized spacial score (nSPS) is 16.0. The van der Waals surface area contributed by atoms with Gasteiger partial charge in [-0.25, -0.2) is 19.3 Å². The van der Waals surface area contributed by atoms with Gasteiger partial charge in [0.1, 0.15) is 6.04 Å². The number of nitrogens with one attached hydrogen (secondary N) is 1. The van der Waals surface area contributed by atoms with E-state index >= 15 is 0 Å². The number of alkyl halides is 3. The fourth-order valence-corrected chi connectivity index (χ4v) is 3.74. The van der Waals surface area contributed by atoms with E-state index in [1.165, 1.54) is 48.2 Å². The zero-order valence-corrected chi connectivity index (χ0v) is 16.4. The second kappa shape index (κ2) is 7.42. The topological polar surface area (TPSA) is 115 Å². The van der Waals surface area contributed by atoms with E-state index in [-0.39, 0.29) is 22.9 Å². The van der Waals surface area contributed by atoms with Crippen LogP contribution in [0.25, 0.3) is 0 Å². The monoisotopic (exact) mass is 441 g/mol. The van der Waals surface area contributed by atoms with Crippen LogP contribution in [0, 0.1) is 11.3 Å². The van der Waals surface area contributed by atoms with E-state index in [1.807, 2.05) is 6.07 Å². The van der Waals surface area contributed by atoms with E-state index in [1.54, 1.807) is 0 Å². The summed E-state index contributed by atoms with van der Waals surface area (Å²) in [5.41, 5.74) is -1.06. The van der Waals surface area contributed by atoms with Crippen molar-refractivity contribution in [2.45, 2.75) is 19.1 Å². The molecule has 0 spiro atoms. The van der Waals surface area contributed by atoms with Crippen molar-refractivity contribution in [3.05, 3.63) is 87.0 Å². The Bertz CT molecular complexity index is 1350. The molecule has 0 radical (unpaired) electrons. The number of nitriles is 1. The molecule has 1 aliphatic heterocycles. The molecular weight excluding hydrogens is 427 g/mol. The molecule has 0 bridgehead atoms. The van der Waals surface area contributed by atoms with Gasteiger partial charge in [-0.1, -0.05) is 18.2 Å². The molecule has 2 N–H and O–H groups in total. The molecule has 1 atom stereocenters. The van der Waals surface area contributed by atoms with Gasteiger partial charge in [-0.15, -0.1) is 5.10 Å². The molecule has 2 aromatic carbocycles. The first-order valence-corrected chi connectivity index (χ1v) is 9.22. The van der Waals surface area contributed by atoms with Gasteiger partial charge in [0.05, 0.1) is 22.8 Å². The fraction of sp³-hybridized carbons (Fsp3) is 0.143. The van der Waals surface area contributed by atoms with Crippen molar-refractivity contribution < 1.29 is 23.1 Å². The van der Waals surface area contributed by atoms with Crippen LogP contribution in [0.15, 0.2) is 64.6 Å². The Labute approximate surface area is 178 Å². The van der Waals surface area contributed by atoms with Crippen LogP contribution in [-0.2, 0) is 11.0 Å². The van der Waals surface area contributed by atoms with Crippen LogP contribution in [0.1, 0.15) is 29.7 Å². The SMILES string of the molecule is CC1=C(C(=O)O)[C@@H](c2ccc(C#N)cc2)n2c(n[nH]c2=O)N1c1cccc(C(F)(F)F)c1. The van der Waals surface area contributed by atoms with E-state index in [0.717, 1.165) is 16.7 Å². The zero-order chi connectivity index (χ0) is 23.2. The van der Waals surface area contributed by atoms with Gasteiger partial charge in [0.15, 0.2) is 0 Å². The van der Waals surface area contributed by atoms with Crippen LogP contribution in [0.5, 0.6) is 0 Å². The van der Waals surface area contributed by atoms with Crippen molar-refractivity contribution in [1.82, 2.24) is 14.8 Å². The lowest BCUT2D eigenvalue weighted by atomic mass is 9.94. The summed E-state index contributed by atoms with van der Waals surface area (Å²) in [5, 5.41) is 25.2. The van der Waals surface area contributed by atoms with Gasteiger partial charge in [-0.3, -0.25) is 4.90 Å². The summed E-state index contributed by atoms with van der Waals surface area (Å²) in [6, 6.07) is 11.1. The van der Waals surface area contributed by atoms with Gasteiger partial charge in [-0.2, -0.15) is 18.4 Å². The summed E-state index contributed by atoms with van der Waals surface area (Å²) < 4.78 is 40.8. The molecule has 32 heavy (non-hydrogen) atoms. The molecule has 3 aromatic rings. The molecule has 4 rings (SSSR count). The van der Waals surface area contributed by atoms with Gasteiger partial charge < -0.3 is 5.11 Å². The van der Waals surface area contributed by atoms with Crippen molar-refractivity contribution in [3.8, 4) is 6.07 Å². The summed E-state index contributed by atoms with van der Waals surface area (Å²) in [5.74, 6) is -1.42. The summed E-state index contributed by atoms with van der Waals surface area (Å²) in [4.78, 5) is 26.1. The van der Waals surface area contributed by atoms with Crippen LogP contribution < -0.4 is 10.6 Å². The third-order valence-electron chi connectivity index (χ3n) is 5.16. The van der Waals surface area contributed by atoms with Gasteiger partial charge in [0, 0.05) is 11.4 Å². The highest BCUT2D eigenvalue weighted by Crippen LogP contribution is 2.42. The van der Waals surface area contributed by atoms with Gasteiger partial charge in [0.2, 0.25) is 5.95 Å². The Hall–Kier alpha value is -4.33. The van der Waals surface area contributed by atoms with E-state index in [9.17, 15) is 27.9 Å². The molecule has 0 aliphatic carbocycles. The van der Waals surface area contributed by atoms with Gasteiger partial charge in [0.25, 0.3) is 0 Å². The number of fused-ring (bicyclic) bond motifs is 1. The van der Waals surface area contributed by atoms with Gasteiger partial charge in [-0.05, 0) is 42.8 Å². The van der Waals surface area contributed by atoms with Crippen LogP contribution in [0.3, 0.4) is 0 Å². The molecule has 1 aliphatic rings. The number of benzene rings is 2. The second-order valence-corrected chi connectivity index (χ2v) is 7.02. The molecule has 8 nitrogen and oxygen atoms in total. The van der Waals surface area contributed by atoms with E-state index in [0.29, 0.717) is 11.1 Å². The van der Waals surface area contributed by atoms with Crippen LogP contribution >= 0.6 is 0 Å². The first-order chi connectivity index (χ1) is 15.1. The Morgan fingerprint density at radius 3 is 2.50 bits per heavy atom. The number of aliphatic carboxylic acids is 1. The number of aromatic amines is 1.